The maximum absolute atomic E-state index is 3.90. The van der Waals surface area contributed by atoms with Crippen LogP contribution >= 0.6 is 12.6 Å². The summed E-state index contributed by atoms with van der Waals surface area (Å²) in [5.41, 5.74) is 0. The first kappa shape index (κ1) is 12.2. The molecule has 0 atom stereocenters. The van der Waals surface area contributed by atoms with Crippen molar-refractivity contribution in [2.24, 2.45) is 0 Å². The number of thiol groups is 1. The third kappa shape index (κ3) is 5.00. The van der Waals surface area contributed by atoms with Crippen LogP contribution < -0.4 is 0 Å². The van der Waals surface area contributed by atoms with Crippen molar-refractivity contribution >= 4 is 12.6 Å². The first-order chi connectivity index (χ1) is 3.39. The summed E-state index contributed by atoms with van der Waals surface area (Å²) in [5, 5.41) is 0.648. The van der Waals surface area contributed by atoms with Gasteiger partial charge in [0.15, 0.2) is 0 Å². The molecule has 0 amide bonds. The van der Waals surface area contributed by atoms with Crippen LogP contribution in [-0.2, 0) is 32.7 Å². The van der Waals surface area contributed by atoms with E-state index in [4.69, 9.17) is 0 Å². The van der Waals surface area contributed by atoms with Gasteiger partial charge in [-0.2, -0.15) is 12.6 Å². The third-order valence-corrected chi connectivity index (χ3v) is 0.760. The van der Waals surface area contributed by atoms with Crippen LogP contribution in [0.5, 0.6) is 0 Å². The average molecular weight is 215 g/mol. The Hall–Kier alpha value is 0.534. The maximum atomic E-state index is 3.90. The number of rotatable bonds is 0. The Bertz CT molecular complexity index is 145. The van der Waals surface area contributed by atoms with Crippen molar-refractivity contribution in [3.8, 4) is 0 Å². The zero-order chi connectivity index (χ0) is 5.11. The number of hydrogen-bond donors (Lipinski definition) is 1. The van der Waals surface area contributed by atoms with Gasteiger partial charge in [-0.3, -0.25) is 0 Å². The second-order valence-electron chi connectivity index (χ2n) is 1.01. The van der Waals surface area contributed by atoms with Crippen LogP contribution in [0.4, 0.5) is 0 Å². The van der Waals surface area contributed by atoms with Gasteiger partial charge in [0.2, 0.25) is 0 Å². The van der Waals surface area contributed by atoms with E-state index in [9.17, 15) is 0 Å². The normalized spacial score (nSPS) is 6.78. The Morgan fingerprint density at radius 1 is 1.56 bits per heavy atom. The molecule has 0 aliphatic rings. The van der Waals surface area contributed by atoms with Gasteiger partial charge in [0, 0.05) is 39.0 Å². The summed E-state index contributed by atoms with van der Waals surface area (Å²) in [5.74, 6) is 0. The van der Waals surface area contributed by atoms with E-state index in [-0.39, 0.29) is 40.1 Å². The minimum absolute atomic E-state index is 0. The Kier molecular flexibility index (Phi) is 9.04. The molecule has 1 aromatic heterocycles. The summed E-state index contributed by atoms with van der Waals surface area (Å²) >= 11 is 3.90. The standard InChI is InChI=1S/C4H3N2S.CH3.Y/c7-4-1-2-5-3-6-4;;/h1,3H,(H,5,6,7);1H3;/q2*-1;. The van der Waals surface area contributed by atoms with Gasteiger partial charge in [-0.1, -0.05) is 6.20 Å². The van der Waals surface area contributed by atoms with E-state index in [1.54, 1.807) is 6.07 Å². The molecular formula is C5H6N2SY-2. The largest absolute Gasteiger partial charge is 0.376 e. The molecule has 0 aromatic carbocycles. The van der Waals surface area contributed by atoms with Crippen molar-refractivity contribution in [2.45, 2.75) is 5.03 Å². The van der Waals surface area contributed by atoms with Crippen molar-refractivity contribution in [1.29, 1.82) is 0 Å². The molecule has 0 saturated carbocycles. The Labute approximate surface area is 85.8 Å². The molecule has 0 saturated heterocycles. The second-order valence-corrected chi connectivity index (χ2v) is 1.46. The molecule has 0 aliphatic heterocycles. The zero-order valence-electron chi connectivity index (χ0n) is 5.07. The third-order valence-electron chi connectivity index (χ3n) is 0.516. The molecule has 0 N–H and O–H groups in total. The maximum Gasteiger partial charge on any atom is 0.000535 e. The Morgan fingerprint density at radius 3 is 2.44 bits per heavy atom. The van der Waals surface area contributed by atoms with Gasteiger partial charge in [0.05, 0.1) is 0 Å². The van der Waals surface area contributed by atoms with Crippen molar-refractivity contribution in [3.05, 3.63) is 26.0 Å². The van der Waals surface area contributed by atoms with E-state index in [2.05, 4.69) is 28.8 Å². The van der Waals surface area contributed by atoms with Crippen molar-refractivity contribution in [3.63, 3.8) is 0 Å². The van der Waals surface area contributed by atoms with E-state index in [0.717, 1.165) is 0 Å². The zero-order valence-corrected chi connectivity index (χ0v) is 8.81. The van der Waals surface area contributed by atoms with Crippen molar-refractivity contribution < 1.29 is 32.7 Å². The topological polar surface area (TPSA) is 25.8 Å². The first-order valence-electron chi connectivity index (χ1n) is 1.76. The molecule has 47 valence electrons. The summed E-state index contributed by atoms with van der Waals surface area (Å²) in [6, 6.07) is 1.60. The molecule has 0 fully saturated rings. The van der Waals surface area contributed by atoms with Crippen LogP contribution in [0.2, 0.25) is 0 Å². The Balaban J connectivity index is 0. The fourth-order valence-electron chi connectivity index (χ4n) is 0.254. The van der Waals surface area contributed by atoms with E-state index < -0.39 is 0 Å². The van der Waals surface area contributed by atoms with Gasteiger partial charge in [-0.15, -0.1) is 6.07 Å². The molecular weight excluding hydrogens is 209 g/mol. The first-order valence-corrected chi connectivity index (χ1v) is 2.21. The molecule has 0 aliphatic carbocycles. The molecule has 2 nitrogen and oxygen atoms in total. The SMILES string of the molecule is Sc1c[c-]ncn1.[CH3-].[Y]. The van der Waals surface area contributed by atoms with Crippen LogP contribution in [0, 0.1) is 13.6 Å². The van der Waals surface area contributed by atoms with Gasteiger partial charge in [0.25, 0.3) is 0 Å². The molecule has 1 rings (SSSR count). The van der Waals surface area contributed by atoms with Crippen molar-refractivity contribution in [1.82, 2.24) is 9.97 Å². The summed E-state index contributed by atoms with van der Waals surface area (Å²) < 4.78 is 0. The predicted octanol–water partition coefficient (Wildman–Crippen LogP) is 1.01. The van der Waals surface area contributed by atoms with E-state index in [0.29, 0.717) is 5.03 Å². The van der Waals surface area contributed by atoms with Crippen molar-refractivity contribution in [2.75, 3.05) is 0 Å². The molecule has 1 radical (unpaired) electrons. The van der Waals surface area contributed by atoms with E-state index in [1.807, 2.05) is 0 Å². The minimum Gasteiger partial charge on any atom is -0.376 e. The smallest absolute Gasteiger partial charge is 0.000535 e. The fourth-order valence-corrected chi connectivity index (χ4v) is 0.363. The van der Waals surface area contributed by atoms with Crippen LogP contribution in [0.1, 0.15) is 0 Å². The number of aromatic nitrogens is 2. The summed E-state index contributed by atoms with van der Waals surface area (Å²) in [4.78, 5) is 7.26. The number of nitrogens with zero attached hydrogens (tertiary/aromatic N) is 2. The van der Waals surface area contributed by atoms with Gasteiger partial charge in [-0.25, -0.2) is 0 Å². The molecule has 1 heterocycles. The molecule has 4 heteroatoms. The quantitative estimate of drug-likeness (QED) is 0.397. The number of hydrogen-bond acceptors (Lipinski definition) is 3. The van der Waals surface area contributed by atoms with E-state index in [1.165, 1.54) is 6.33 Å². The van der Waals surface area contributed by atoms with Gasteiger partial charge in [0.1, 0.15) is 0 Å². The minimum atomic E-state index is 0. The van der Waals surface area contributed by atoms with Crippen LogP contribution in [-0.4, -0.2) is 9.97 Å². The second kappa shape index (κ2) is 6.65. The van der Waals surface area contributed by atoms with Crippen LogP contribution in [0.25, 0.3) is 0 Å². The van der Waals surface area contributed by atoms with E-state index >= 15 is 0 Å². The van der Waals surface area contributed by atoms with Gasteiger partial charge >= 0.3 is 0 Å². The summed E-state index contributed by atoms with van der Waals surface area (Å²) in [6.07, 6.45) is 3.98. The molecule has 0 spiro atoms. The molecule has 1 aromatic rings. The predicted molar refractivity (Wildman–Crippen MR) is 34.5 cm³/mol. The summed E-state index contributed by atoms with van der Waals surface area (Å²) in [7, 11) is 0. The van der Waals surface area contributed by atoms with Crippen LogP contribution in [0.15, 0.2) is 17.4 Å². The summed E-state index contributed by atoms with van der Waals surface area (Å²) in [6.45, 7) is 0. The molecule has 0 bridgehead atoms. The average Bonchev–Trinajstić information content (AvgIpc) is 1.69. The molecule has 9 heavy (non-hydrogen) atoms. The fraction of sp³-hybridized carbons (Fsp3) is 0. The van der Waals surface area contributed by atoms with Gasteiger partial charge < -0.3 is 17.4 Å². The molecule has 0 unspecified atom stereocenters. The Morgan fingerprint density at radius 2 is 2.22 bits per heavy atom. The van der Waals surface area contributed by atoms with Gasteiger partial charge in [-0.05, 0) is 5.03 Å². The monoisotopic (exact) mass is 215 g/mol. The van der Waals surface area contributed by atoms with Crippen LogP contribution in [0.3, 0.4) is 0 Å².